The third-order valence-electron chi connectivity index (χ3n) is 10.4. The summed E-state index contributed by atoms with van der Waals surface area (Å²) in [5, 5.41) is 26.1. The van der Waals surface area contributed by atoms with Gasteiger partial charge in [-0.1, -0.05) is 27.7 Å². The van der Waals surface area contributed by atoms with E-state index in [2.05, 4.69) is 20.6 Å². The molecular formula is C34H43N8O8+. The minimum Gasteiger partial charge on any atom is -0.478 e. The van der Waals surface area contributed by atoms with Crippen molar-refractivity contribution in [2.75, 3.05) is 7.05 Å². The highest BCUT2D eigenvalue weighted by Gasteiger charge is 2.49. The van der Waals surface area contributed by atoms with Crippen molar-refractivity contribution in [3.8, 4) is 0 Å². The van der Waals surface area contributed by atoms with Crippen molar-refractivity contribution in [1.82, 2.24) is 24.7 Å². The molecule has 0 aliphatic carbocycles. The summed E-state index contributed by atoms with van der Waals surface area (Å²) >= 11 is 0. The normalized spacial score (nSPS) is 17.9. The fraction of sp³-hybridized carbons (Fsp3) is 0.412. The van der Waals surface area contributed by atoms with Gasteiger partial charge in [0.25, 0.3) is 11.8 Å². The van der Waals surface area contributed by atoms with E-state index in [-0.39, 0.29) is 45.1 Å². The summed E-state index contributed by atoms with van der Waals surface area (Å²) in [5.41, 5.74) is 7.36. The zero-order valence-corrected chi connectivity index (χ0v) is 29.7. The lowest BCUT2D eigenvalue weighted by Crippen LogP contribution is -2.59. The molecule has 4 rings (SSSR count). The van der Waals surface area contributed by atoms with Gasteiger partial charge in [0.2, 0.25) is 17.6 Å². The van der Waals surface area contributed by atoms with Gasteiger partial charge in [-0.25, -0.2) is 19.1 Å². The van der Waals surface area contributed by atoms with Crippen LogP contribution in [0.4, 0.5) is 17.1 Å². The molecule has 0 spiro atoms. The number of imidazole rings is 1. The van der Waals surface area contributed by atoms with Crippen molar-refractivity contribution in [1.29, 1.82) is 0 Å². The Balaban J connectivity index is 2.14. The van der Waals surface area contributed by atoms with Crippen molar-refractivity contribution in [2.45, 2.75) is 66.5 Å². The number of hydrogen-bond donors (Lipinski definition) is 6. The molecule has 0 radical (unpaired) electrons. The maximum absolute atomic E-state index is 14.4. The third-order valence-corrected chi connectivity index (χ3v) is 10.4. The summed E-state index contributed by atoms with van der Waals surface area (Å²) in [6, 6.07) is 3.96. The molecule has 8 N–H and O–H groups in total. The molecule has 1 aliphatic heterocycles. The molecule has 3 unspecified atom stereocenters. The number of aryl methyl sites for hydroxylation is 2. The van der Waals surface area contributed by atoms with Crippen LogP contribution in [0, 0.1) is 18.8 Å². The molecule has 3 aromatic rings. The van der Waals surface area contributed by atoms with Gasteiger partial charge in [-0.15, -0.1) is 0 Å². The number of aromatic carboxylic acids is 2. The molecule has 4 amide bonds. The van der Waals surface area contributed by atoms with Crippen LogP contribution in [-0.2, 0) is 16.6 Å². The van der Waals surface area contributed by atoms with Crippen LogP contribution in [0.5, 0.6) is 0 Å². The Morgan fingerprint density at radius 1 is 0.820 bits per heavy atom. The molecule has 0 saturated carbocycles. The molecule has 2 heterocycles. The van der Waals surface area contributed by atoms with Gasteiger partial charge in [-0.3, -0.25) is 19.2 Å². The summed E-state index contributed by atoms with van der Waals surface area (Å²) < 4.78 is 1.07. The number of nitrogens with zero attached hydrogens (tertiary/aromatic N) is 4. The fourth-order valence-electron chi connectivity index (χ4n) is 5.91. The number of aliphatic imine (C=N–C) groups is 1. The highest BCUT2D eigenvalue weighted by molar-refractivity contribution is 6.21. The average molecular weight is 692 g/mol. The Morgan fingerprint density at radius 3 is 1.80 bits per heavy atom. The summed E-state index contributed by atoms with van der Waals surface area (Å²) in [6.45, 7) is 12.8. The number of rotatable bonds is 11. The number of amidine groups is 1. The second-order valence-corrected chi connectivity index (χ2v) is 13.7. The summed E-state index contributed by atoms with van der Waals surface area (Å²) in [6.07, 6.45) is 0. The lowest BCUT2D eigenvalue weighted by molar-refractivity contribution is -0.125. The van der Waals surface area contributed by atoms with Crippen molar-refractivity contribution in [3.05, 3.63) is 46.3 Å². The van der Waals surface area contributed by atoms with Gasteiger partial charge < -0.3 is 36.9 Å². The Hall–Kier alpha value is -5.64. The number of primary amides is 2. The van der Waals surface area contributed by atoms with Gasteiger partial charge in [0.1, 0.15) is 39.2 Å². The van der Waals surface area contributed by atoms with E-state index in [9.17, 15) is 39.0 Å². The van der Waals surface area contributed by atoms with Crippen molar-refractivity contribution in [3.63, 3.8) is 0 Å². The Kier molecular flexibility index (Phi) is 9.19. The first-order valence-electron chi connectivity index (χ1n) is 15.8. The van der Waals surface area contributed by atoms with Gasteiger partial charge in [-0.2, -0.15) is 4.99 Å². The second kappa shape index (κ2) is 12.4. The molecule has 0 fully saturated rings. The second-order valence-electron chi connectivity index (χ2n) is 13.7. The quantitative estimate of drug-likeness (QED) is 0.162. The monoisotopic (exact) mass is 691 g/mol. The van der Waals surface area contributed by atoms with Gasteiger partial charge in [0.05, 0.1) is 23.7 Å². The molecule has 0 saturated heterocycles. The van der Waals surface area contributed by atoms with E-state index in [0.717, 1.165) is 6.07 Å². The first-order valence-corrected chi connectivity index (χ1v) is 15.8. The molecule has 50 heavy (non-hydrogen) atoms. The van der Waals surface area contributed by atoms with E-state index < -0.39 is 68.5 Å². The first-order chi connectivity index (χ1) is 22.9. The minimum atomic E-state index is -1.62. The number of carboxylic acids is 2. The van der Waals surface area contributed by atoms with Crippen LogP contribution < -0.4 is 26.6 Å². The fourth-order valence-corrected chi connectivity index (χ4v) is 5.91. The molecule has 0 bridgehead atoms. The SMILES string of the molecule is CC1=Nc2c(C(=O)NC(C)(C(N)=O)C(C)C)cc(C(=O)O)cc2[N+]1(C)c1cc2c(nc(C)n2C)c(C(=O)O)c1C(=O)NC(C)(C(N)=O)C(C)C. The van der Waals surface area contributed by atoms with Gasteiger partial charge in [0, 0.05) is 26.1 Å². The van der Waals surface area contributed by atoms with Crippen LogP contribution in [0.3, 0.4) is 0 Å². The predicted molar refractivity (Wildman–Crippen MR) is 186 cm³/mol. The largest absolute Gasteiger partial charge is 0.478 e. The highest BCUT2D eigenvalue weighted by Crippen LogP contribution is 2.50. The maximum Gasteiger partial charge on any atom is 0.339 e. The number of amides is 4. The Bertz CT molecular complexity index is 2070. The van der Waals surface area contributed by atoms with Crippen LogP contribution in [-0.4, -0.2) is 79.3 Å². The molecule has 16 heteroatoms. The Morgan fingerprint density at radius 2 is 1.34 bits per heavy atom. The van der Waals surface area contributed by atoms with Crippen molar-refractivity contribution < 1.29 is 39.0 Å². The zero-order valence-electron chi connectivity index (χ0n) is 29.7. The molecule has 266 valence electrons. The van der Waals surface area contributed by atoms with Crippen LogP contribution >= 0.6 is 0 Å². The number of quaternary nitrogens is 1. The molecule has 16 nitrogen and oxygen atoms in total. The minimum absolute atomic E-state index is 0.00360. The number of fused-ring (bicyclic) bond motifs is 2. The molecule has 1 aliphatic rings. The van der Waals surface area contributed by atoms with Crippen LogP contribution in [0.15, 0.2) is 23.2 Å². The number of carbonyl (C=O) groups is 6. The highest BCUT2D eigenvalue weighted by atomic mass is 16.4. The van der Waals surface area contributed by atoms with Crippen LogP contribution in [0.25, 0.3) is 11.0 Å². The number of aromatic nitrogens is 2. The lowest BCUT2D eigenvalue weighted by Gasteiger charge is -2.34. The van der Waals surface area contributed by atoms with Crippen molar-refractivity contribution >= 4 is 69.5 Å². The van der Waals surface area contributed by atoms with Crippen LogP contribution in [0.1, 0.15) is 95.7 Å². The van der Waals surface area contributed by atoms with Crippen LogP contribution in [0.2, 0.25) is 0 Å². The van der Waals surface area contributed by atoms with E-state index in [1.807, 2.05) is 0 Å². The number of nitrogens with two attached hydrogens (primary N) is 2. The van der Waals surface area contributed by atoms with Gasteiger partial charge >= 0.3 is 11.9 Å². The number of carbonyl (C=O) groups excluding carboxylic acids is 4. The topological polar surface area (TPSA) is 249 Å². The Labute approximate surface area is 288 Å². The molecular weight excluding hydrogens is 648 g/mol. The van der Waals surface area contributed by atoms with Gasteiger partial charge in [-0.05, 0) is 38.7 Å². The van der Waals surface area contributed by atoms with E-state index in [1.54, 1.807) is 66.3 Å². The first kappa shape index (κ1) is 37.2. The maximum atomic E-state index is 14.4. The van der Waals surface area contributed by atoms with E-state index in [0.29, 0.717) is 11.3 Å². The smallest absolute Gasteiger partial charge is 0.339 e. The summed E-state index contributed by atoms with van der Waals surface area (Å²) in [7, 11) is 3.24. The number of benzene rings is 2. The third kappa shape index (κ3) is 5.54. The van der Waals surface area contributed by atoms with E-state index >= 15 is 0 Å². The molecule has 3 atom stereocenters. The number of carboxylic acid groups (broad SMARTS) is 2. The van der Waals surface area contributed by atoms with E-state index in [4.69, 9.17) is 11.5 Å². The van der Waals surface area contributed by atoms with Crippen molar-refractivity contribution in [2.24, 2.45) is 35.3 Å². The zero-order chi connectivity index (χ0) is 38.0. The molecule has 2 aromatic carbocycles. The lowest BCUT2D eigenvalue weighted by atomic mass is 9.86. The summed E-state index contributed by atoms with van der Waals surface area (Å²) in [5.74, 6) is -6.66. The van der Waals surface area contributed by atoms with Gasteiger partial charge in [0.15, 0.2) is 11.4 Å². The predicted octanol–water partition coefficient (Wildman–Crippen LogP) is 2.87. The number of nitrogens with one attached hydrogen (secondary N) is 2. The molecule has 1 aromatic heterocycles. The standard InChI is InChI=1S/C34H42N8O8/c1-14(2)33(7,31(35)49)39-27(43)19-11-18(29(45)46)12-22-25(19)38-17(6)42(22,10)21-13-20-26(37-16(5)41(20)9)24(30(47)48)23(21)28(44)40-34(8,15(3)4)32(36)50/h11-15H,1-10H3,(H7-,35,36,39,40,43,44,45,46,47,48,49,50)/p+1. The summed E-state index contributed by atoms with van der Waals surface area (Å²) in [4.78, 5) is 88.1. The number of hydrogen-bond acceptors (Lipinski definition) is 8. The van der Waals surface area contributed by atoms with E-state index in [1.165, 1.54) is 19.9 Å². The average Bonchev–Trinajstić information content (AvgIpc) is 3.45.